The third-order valence-electron chi connectivity index (χ3n) is 3.16. The van der Waals surface area contributed by atoms with Crippen molar-refractivity contribution in [3.05, 3.63) is 45.9 Å². The van der Waals surface area contributed by atoms with Crippen molar-refractivity contribution in [3.8, 4) is 5.75 Å². The molecular formula is C16H22N4OS. The van der Waals surface area contributed by atoms with Crippen molar-refractivity contribution in [2.45, 2.75) is 19.9 Å². The van der Waals surface area contributed by atoms with Crippen LogP contribution in [0.15, 0.2) is 35.5 Å². The minimum Gasteiger partial charge on any atom is -0.497 e. The van der Waals surface area contributed by atoms with Crippen LogP contribution in [0.25, 0.3) is 0 Å². The van der Waals surface area contributed by atoms with Crippen molar-refractivity contribution < 1.29 is 4.74 Å². The fourth-order valence-corrected chi connectivity index (χ4v) is 2.71. The van der Waals surface area contributed by atoms with Gasteiger partial charge in [0.25, 0.3) is 0 Å². The van der Waals surface area contributed by atoms with Crippen molar-refractivity contribution in [1.82, 2.24) is 15.6 Å². The predicted molar refractivity (Wildman–Crippen MR) is 91.8 cm³/mol. The van der Waals surface area contributed by atoms with Crippen molar-refractivity contribution >= 4 is 17.3 Å². The van der Waals surface area contributed by atoms with E-state index < -0.39 is 0 Å². The van der Waals surface area contributed by atoms with Gasteiger partial charge in [-0.2, -0.15) is 0 Å². The largest absolute Gasteiger partial charge is 0.497 e. The SMILES string of the molecule is CN=C(NCCc1ccc(OC)cc1)NCc1ncc(C)s1. The van der Waals surface area contributed by atoms with E-state index in [0.717, 1.165) is 29.7 Å². The van der Waals surface area contributed by atoms with Crippen molar-refractivity contribution in [2.24, 2.45) is 4.99 Å². The summed E-state index contributed by atoms with van der Waals surface area (Å²) in [4.78, 5) is 9.77. The average molecular weight is 318 g/mol. The molecule has 0 bridgehead atoms. The predicted octanol–water partition coefficient (Wildman–Crippen LogP) is 2.37. The Labute approximate surface area is 135 Å². The summed E-state index contributed by atoms with van der Waals surface area (Å²) in [7, 11) is 3.45. The molecular weight excluding hydrogens is 296 g/mol. The molecule has 2 aromatic rings. The van der Waals surface area contributed by atoms with Gasteiger partial charge in [-0.3, -0.25) is 4.99 Å². The lowest BCUT2D eigenvalue weighted by Gasteiger charge is -2.11. The fourth-order valence-electron chi connectivity index (χ4n) is 1.98. The summed E-state index contributed by atoms with van der Waals surface area (Å²) in [6, 6.07) is 8.12. The Hall–Kier alpha value is -2.08. The highest BCUT2D eigenvalue weighted by Crippen LogP contribution is 2.11. The molecule has 2 rings (SSSR count). The molecule has 0 aliphatic carbocycles. The van der Waals surface area contributed by atoms with Gasteiger partial charge in [0, 0.05) is 24.7 Å². The lowest BCUT2D eigenvalue weighted by molar-refractivity contribution is 0.414. The Bertz CT molecular complexity index is 607. The Morgan fingerprint density at radius 1 is 1.27 bits per heavy atom. The number of hydrogen-bond acceptors (Lipinski definition) is 4. The maximum Gasteiger partial charge on any atom is 0.191 e. The number of aryl methyl sites for hydroxylation is 1. The number of ether oxygens (including phenoxy) is 1. The Balaban J connectivity index is 1.73. The van der Waals surface area contributed by atoms with Crippen LogP contribution < -0.4 is 15.4 Å². The van der Waals surface area contributed by atoms with Crippen molar-refractivity contribution in [2.75, 3.05) is 20.7 Å². The molecule has 0 saturated heterocycles. The van der Waals surface area contributed by atoms with Crippen LogP contribution in [0.3, 0.4) is 0 Å². The zero-order valence-corrected chi connectivity index (χ0v) is 14.0. The average Bonchev–Trinajstić information content (AvgIpc) is 2.96. The number of aromatic nitrogens is 1. The molecule has 0 unspecified atom stereocenters. The standard InChI is InChI=1S/C16H22N4OS/c1-12-10-19-15(22-12)11-20-16(17-2)18-9-8-13-4-6-14(21-3)7-5-13/h4-7,10H,8-9,11H2,1-3H3,(H2,17,18,20). The third-order valence-corrected chi connectivity index (χ3v) is 4.08. The van der Waals surface area contributed by atoms with E-state index in [2.05, 4.69) is 39.7 Å². The van der Waals surface area contributed by atoms with Gasteiger partial charge in [0.2, 0.25) is 0 Å². The first-order valence-corrected chi connectivity index (χ1v) is 8.01. The topological polar surface area (TPSA) is 58.5 Å². The maximum atomic E-state index is 5.16. The van der Waals surface area contributed by atoms with E-state index >= 15 is 0 Å². The molecule has 1 aromatic carbocycles. The maximum absolute atomic E-state index is 5.16. The molecule has 2 N–H and O–H groups in total. The van der Waals surface area contributed by atoms with Gasteiger partial charge < -0.3 is 15.4 Å². The number of thiazole rings is 1. The van der Waals surface area contributed by atoms with Gasteiger partial charge in [0.15, 0.2) is 5.96 Å². The number of nitrogens with zero attached hydrogens (tertiary/aromatic N) is 2. The second-order valence-corrected chi connectivity index (χ2v) is 6.13. The van der Waals surface area contributed by atoms with Crippen LogP contribution >= 0.6 is 11.3 Å². The van der Waals surface area contributed by atoms with Gasteiger partial charge in [-0.25, -0.2) is 4.98 Å². The lowest BCUT2D eigenvalue weighted by Crippen LogP contribution is -2.37. The molecule has 0 aliphatic heterocycles. The van der Waals surface area contributed by atoms with Gasteiger partial charge in [-0.1, -0.05) is 12.1 Å². The summed E-state index contributed by atoms with van der Waals surface area (Å²) in [6.45, 7) is 3.58. The molecule has 0 aliphatic rings. The summed E-state index contributed by atoms with van der Waals surface area (Å²) in [5, 5.41) is 7.64. The number of nitrogens with one attached hydrogen (secondary N) is 2. The molecule has 0 radical (unpaired) electrons. The summed E-state index contributed by atoms with van der Waals surface area (Å²) < 4.78 is 5.16. The highest BCUT2D eigenvalue weighted by atomic mass is 32.1. The van der Waals surface area contributed by atoms with Crippen LogP contribution in [0.1, 0.15) is 15.4 Å². The van der Waals surface area contributed by atoms with Crippen LogP contribution in [0.2, 0.25) is 0 Å². The summed E-state index contributed by atoms with van der Waals surface area (Å²) in [6.07, 6.45) is 2.82. The number of guanidine groups is 1. The van der Waals surface area contributed by atoms with E-state index in [1.807, 2.05) is 18.3 Å². The fraction of sp³-hybridized carbons (Fsp3) is 0.375. The number of benzene rings is 1. The summed E-state index contributed by atoms with van der Waals surface area (Å²) >= 11 is 1.70. The molecule has 6 heteroatoms. The molecule has 0 atom stereocenters. The summed E-state index contributed by atoms with van der Waals surface area (Å²) in [5.41, 5.74) is 1.26. The number of methoxy groups -OCH3 is 1. The van der Waals surface area contributed by atoms with E-state index in [0.29, 0.717) is 6.54 Å². The minimum atomic E-state index is 0.695. The molecule has 0 spiro atoms. The molecule has 1 heterocycles. The van der Waals surface area contributed by atoms with Crippen LogP contribution in [0.4, 0.5) is 0 Å². The first-order chi connectivity index (χ1) is 10.7. The van der Waals surface area contributed by atoms with E-state index in [9.17, 15) is 0 Å². The lowest BCUT2D eigenvalue weighted by atomic mass is 10.1. The normalized spacial score (nSPS) is 11.3. The zero-order chi connectivity index (χ0) is 15.8. The van der Waals surface area contributed by atoms with Gasteiger partial charge in [-0.15, -0.1) is 11.3 Å². The van der Waals surface area contributed by atoms with Gasteiger partial charge in [0.05, 0.1) is 13.7 Å². The van der Waals surface area contributed by atoms with E-state index in [1.165, 1.54) is 10.4 Å². The minimum absolute atomic E-state index is 0.695. The highest BCUT2D eigenvalue weighted by molar-refractivity contribution is 7.11. The Morgan fingerprint density at radius 3 is 2.64 bits per heavy atom. The second-order valence-electron chi connectivity index (χ2n) is 4.82. The van der Waals surface area contributed by atoms with Crippen molar-refractivity contribution in [1.29, 1.82) is 0 Å². The second kappa shape index (κ2) is 8.38. The molecule has 0 saturated carbocycles. The van der Waals surface area contributed by atoms with Crippen LogP contribution in [0.5, 0.6) is 5.75 Å². The quantitative estimate of drug-likeness (QED) is 0.634. The first kappa shape index (κ1) is 16.3. The molecule has 1 aromatic heterocycles. The third kappa shape index (κ3) is 5.04. The Kier molecular flexibility index (Phi) is 6.21. The smallest absolute Gasteiger partial charge is 0.191 e. The van der Waals surface area contributed by atoms with Gasteiger partial charge in [0.1, 0.15) is 10.8 Å². The van der Waals surface area contributed by atoms with E-state index in [1.54, 1.807) is 25.5 Å². The Morgan fingerprint density at radius 2 is 2.05 bits per heavy atom. The molecule has 118 valence electrons. The van der Waals surface area contributed by atoms with E-state index in [-0.39, 0.29) is 0 Å². The number of hydrogen-bond donors (Lipinski definition) is 2. The molecule has 22 heavy (non-hydrogen) atoms. The van der Waals surface area contributed by atoms with Crippen LogP contribution in [-0.4, -0.2) is 31.6 Å². The summed E-state index contributed by atoms with van der Waals surface area (Å²) in [5.74, 6) is 1.68. The van der Waals surface area contributed by atoms with Crippen LogP contribution in [-0.2, 0) is 13.0 Å². The first-order valence-electron chi connectivity index (χ1n) is 7.20. The van der Waals surface area contributed by atoms with Gasteiger partial charge in [-0.05, 0) is 31.0 Å². The number of rotatable bonds is 6. The highest BCUT2D eigenvalue weighted by Gasteiger charge is 2.01. The van der Waals surface area contributed by atoms with E-state index in [4.69, 9.17) is 4.74 Å². The molecule has 5 nitrogen and oxygen atoms in total. The monoisotopic (exact) mass is 318 g/mol. The molecule has 0 amide bonds. The van der Waals surface area contributed by atoms with Crippen molar-refractivity contribution in [3.63, 3.8) is 0 Å². The van der Waals surface area contributed by atoms with Crippen LogP contribution in [0, 0.1) is 6.92 Å². The molecule has 0 fully saturated rings. The van der Waals surface area contributed by atoms with Gasteiger partial charge >= 0.3 is 0 Å². The number of aliphatic imine (C=N–C) groups is 1. The zero-order valence-electron chi connectivity index (χ0n) is 13.2.